The van der Waals surface area contributed by atoms with E-state index >= 15 is 0 Å². The Kier molecular flexibility index (Phi) is 5.22. The Bertz CT molecular complexity index is 927. The molecule has 3 rings (SSSR count). The van der Waals surface area contributed by atoms with Crippen molar-refractivity contribution in [2.75, 3.05) is 10.6 Å². The highest BCUT2D eigenvalue weighted by molar-refractivity contribution is 6.04. The lowest BCUT2D eigenvalue weighted by Gasteiger charge is -2.09. The van der Waals surface area contributed by atoms with Gasteiger partial charge in [0.1, 0.15) is 0 Å². The molecule has 0 bridgehead atoms. The van der Waals surface area contributed by atoms with Crippen LogP contribution in [0.15, 0.2) is 60.9 Å². The van der Waals surface area contributed by atoms with Crippen molar-refractivity contribution in [3.05, 3.63) is 83.7 Å². The van der Waals surface area contributed by atoms with E-state index in [-0.39, 0.29) is 5.69 Å². The number of aromatic nitrogens is 1. The fraction of sp³-hybridized carbons (Fsp3) is 0.100. The SMILES string of the molecule is CCc1ccc(Nc2cncc(C(=O)Nc3ccc(F)c(F)c3)c2)cc1. The molecule has 0 unspecified atom stereocenters. The minimum Gasteiger partial charge on any atom is -0.354 e. The van der Waals surface area contributed by atoms with Gasteiger partial charge < -0.3 is 10.6 Å². The third-order valence-electron chi connectivity index (χ3n) is 3.83. The lowest BCUT2D eigenvalue weighted by Crippen LogP contribution is -2.12. The maximum atomic E-state index is 13.2. The fourth-order valence-electron chi connectivity index (χ4n) is 2.40. The molecule has 0 radical (unpaired) electrons. The van der Waals surface area contributed by atoms with E-state index in [1.807, 2.05) is 24.3 Å². The van der Waals surface area contributed by atoms with E-state index in [1.54, 1.807) is 12.3 Å². The first-order chi connectivity index (χ1) is 12.5. The summed E-state index contributed by atoms with van der Waals surface area (Å²) in [7, 11) is 0. The van der Waals surface area contributed by atoms with E-state index in [9.17, 15) is 13.6 Å². The molecule has 0 saturated carbocycles. The molecule has 26 heavy (non-hydrogen) atoms. The number of carbonyl (C=O) groups excluding carboxylic acids is 1. The number of nitrogens with zero attached hydrogens (tertiary/aromatic N) is 1. The maximum absolute atomic E-state index is 13.2. The second-order valence-corrected chi connectivity index (χ2v) is 5.72. The van der Waals surface area contributed by atoms with Crippen molar-refractivity contribution in [3.8, 4) is 0 Å². The monoisotopic (exact) mass is 353 g/mol. The summed E-state index contributed by atoms with van der Waals surface area (Å²) in [6.45, 7) is 2.08. The quantitative estimate of drug-likeness (QED) is 0.685. The highest BCUT2D eigenvalue weighted by Gasteiger charge is 2.10. The van der Waals surface area contributed by atoms with Gasteiger partial charge >= 0.3 is 0 Å². The van der Waals surface area contributed by atoms with Crippen LogP contribution in [0, 0.1) is 11.6 Å². The smallest absolute Gasteiger partial charge is 0.257 e. The molecule has 1 amide bonds. The van der Waals surface area contributed by atoms with Gasteiger partial charge in [-0.3, -0.25) is 9.78 Å². The average Bonchev–Trinajstić information content (AvgIpc) is 2.65. The van der Waals surface area contributed by atoms with Crippen molar-refractivity contribution in [2.45, 2.75) is 13.3 Å². The van der Waals surface area contributed by atoms with Crippen LogP contribution in [0.4, 0.5) is 25.8 Å². The van der Waals surface area contributed by atoms with E-state index in [2.05, 4.69) is 22.5 Å². The Labute approximate surface area is 149 Å². The van der Waals surface area contributed by atoms with Crippen molar-refractivity contribution in [1.82, 2.24) is 4.98 Å². The molecule has 132 valence electrons. The van der Waals surface area contributed by atoms with Crippen LogP contribution < -0.4 is 10.6 Å². The van der Waals surface area contributed by atoms with Gasteiger partial charge in [0.05, 0.1) is 17.4 Å². The van der Waals surface area contributed by atoms with E-state index in [4.69, 9.17) is 0 Å². The molecule has 2 N–H and O–H groups in total. The van der Waals surface area contributed by atoms with Crippen molar-refractivity contribution >= 4 is 23.0 Å². The van der Waals surface area contributed by atoms with Gasteiger partial charge in [-0.05, 0) is 42.3 Å². The van der Waals surface area contributed by atoms with Gasteiger partial charge in [0.25, 0.3) is 5.91 Å². The predicted octanol–water partition coefficient (Wildman–Crippen LogP) is 4.92. The van der Waals surface area contributed by atoms with E-state index in [1.165, 1.54) is 17.8 Å². The van der Waals surface area contributed by atoms with E-state index in [0.29, 0.717) is 11.3 Å². The molecule has 0 spiro atoms. The van der Waals surface area contributed by atoms with E-state index in [0.717, 1.165) is 24.2 Å². The molecule has 1 heterocycles. The molecular weight excluding hydrogens is 336 g/mol. The topological polar surface area (TPSA) is 54.0 Å². The zero-order valence-electron chi connectivity index (χ0n) is 14.1. The zero-order valence-corrected chi connectivity index (χ0v) is 14.1. The summed E-state index contributed by atoms with van der Waals surface area (Å²) < 4.78 is 26.2. The van der Waals surface area contributed by atoms with Crippen LogP contribution in [0.2, 0.25) is 0 Å². The van der Waals surface area contributed by atoms with Crippen LogP contribution in [0.5, 0.6) is 0 Å². The number of halogens is 2. The Morgan fingerprint density at radius 1 is 0.923 bits per heavy atom. The van der Waals surface area contributed by atoms with Gasteiger partial charge in [-0.25, -0.2) is 8.78 Å². The lowest BCUT2D eigenvalue weighted by atomic mass is 10.1. The van der Waals surface area contributed by atoms with Crippen molar-refractivity contribution in [3.63, 3.8) is 0 Å². The van der Waals surface area contributed by atoms with Gasteiger partial charge in [-0.1, -0.05) is 19.1 Å². The number of rotatable bonds is 5. The lowest BCUT2D eigenvalue weighted by molar-refractivity contribution is 0.102. The number of hydrogen-bond donors (Lipinski definition) is 2. The van der Waals surface area contributed by atoms with Crippen LogP contribution in [0.1, 0.15) is 22.8 Å². The molecular formula is C20H17F2N3O. The first-order valence-electron chi connectivity index (χ1n) is 8.12. The summed E-state index contributed by atoms with van der Waals surface area (Å²) in [6, 6.07) is 12.8. The Morgan fingerprint density at radius 2 is 1.65 bits per heavy atom. The fourth-order valence-corrected chi connectivity index (χ4v) is 2.40. The largest absolute Gasteiger partial charge is 0.354 e. The first kappa shape index (κ1) is 17.5. The highest BCUT2D eigenvalue weighted by atomic mass is 19.2. The van der Waals surface area contributed by atoms with Gasteiger partial charge in [0.15, 0.2) is 11.6 Å². The third-order valence-corrected chi connectivity index (χ3v) is 3.83. The molecule has 6 heteroatoms. The maximum Gasteiger partial charge on any atom is 0.257 e. The zero-order chi connectivity index (χ0) is 18.5. The third kappa shape index (κ3) is 4.22. The first-order valence-corrected chi connectivity index (χ1v) is 8.12. The summed E-state index contributed by atoms with van der Waals surface area (Å²) in [5.74, 6) is -2.45. The Balaban J connectivity index is 1.73. The highest BCUT2D eigenvalue weighted by Crippen LogP contribution is 2.19. The molecule has 0 aliphatic rings. The van der Waals surface area contributed by atoms with Crippen LogP contribution in [-0.2, 0) is 6.42 Å². The number of anilines is 3. The molecule has 2 aromatic carbocycles. The molecule has 0 saturated heterocycles. The second-order valence-electron chi connectivity index (χ2n) is 5.72. The van der Waals surface area contributed by atoms with Gasteiger partial charge in [0.2, 0.25) is 0 Å². The van der Waals surface area contributed by atoms with Crippen molar-refractivity contribution < 1.29 is 13.6 Å². The molecule has 0 aliphatic heterocycles. The standard InChI is InChI=1S/C20H17F2N3O/c1-2-13-3-5-15(6-4-13)24-17-9-14(11-23-12-17)20(26)25-16-7-8-18(21)19(22)10-16/h3-12,24H,2H2,1H3,(H,25,26). The number of hydrogen-bond acceptors (Lipinski definition) is 3. The van der Waals surface area contributed by atoms with Crippen LogP contribution >= 0.6 is 0 Å². The molecule has 4 nitrogen and oxygen atoms in total. The average molecular weight is 353 g/mol. The Hall–Kier alpha value is -3.28. The predicted molar refractivity (Wildman–Crippen MR) is 97.7 cm³/mol. The van der Waals surface area contributed by atoms with Gasteiger partial charge in [-0.2, -0.15) is 0 Å². The molecule has 0 aliphatic carbocycles. The van der Waals surface area contributed by atoms with Crippen molar-refractivity contribution in [1.29, 1.82) is 0 Å². The molecule has 3 aromatic rings. The minimum absolute atomic E-state index is 0.169. The molecule has 1 aromatic heterocycles. The minimum atomic E-state index is -1.02. The number of pyridine rings is 1. The second kappa shape index (κ2) is 7.74. The number of benzene rings is 2. The van der Waals surface area contributed by atoms with Gasteiger partial charge in [0, 0.05) is 23.6 Å². The van der Waals surface area contributed by atoms with Crippen LogP contribution in [0.3, 0.4) is 0 Å². The Morgan fingerprint density at radius 3 is 2.35 bits per heavy atom. The van der Waals surface area contributed by atoms with Crippen LogP contribution in [-0.4, -0.2) is 10.9 Å². The summed E-state index contributed by atoms with van der Waals surface area (Å²) in [5.41, 5.74) is 3.22. The summed E-state index contributed by atoms with van der Waals surface area (Å²) in [6.07, 6.45) is 3.96. The summed E-state index contributed by atoms with van der Waals surface area (Å²) >= 11 is 0. The van der Waals surface area contributed by atoms with Gasteiger partial charge in [-0.15, -0.1) is 0 Å². The molecule has 0 atom stereocenters. The normalized spacial score (nSPS) is 10.4. The summed E-state index contributed by atoms with van der Waals surface area (Å²) in [5, 5.41) is 5.70. The van der Waals surface area contributed by atoms with Crippen molar-refractivity contribution in [2.24, 2.45) is 0 Å². The van der Waals surface area contributed by atoms with E-state index < -0.39 is 17.5 Å². The summed E-state index contributed by atoms with van der Waals surface area (Å²) in [4.78, 5) is 16.4. The number of aryl methyl sites for hydroxylation is 1. The number of nitrogens with one attached hydrogen (secondary N) is 2. The molecule has 0 fully saturated rings. The number of amides is 1. The number of carbonyl (C=O) groups is 1. The van der Waals surface area contributed by atoms with Crippen LogP contribution in [0.25, 0.3) is 0 Å².